The van der Waals surface area contributed by atoms with Crippen LogP contribution in [0.4, 0.5) is 0 Å². The lowest BCUT2D eigenvalue weighted by atomic mass is 9.96. The summed E-state index contributed by atoms with van der Waals surface area (Å²) in [5.41, 5.74) is 3.40. The van der Waals surface area contributed by atoms with Crippen LogP contribution in [0.1, 0.15) is 23.2 Å². The molecular formula is C23H24N4O. The van der Waals surface area contributed by atoms with E-state index >= 15 is 0 Å². The largest absolute Gasteiger partial charge is 0.337 e. The van der Waals surface area contributed by atoms with Crippen LogP contribution < -0.4 is 0 Å². The highest BCUT2D eigenvalue weighted by Gasteiger charge is 2.35. The van der Waals surface area contributed by atoms with E-state index in [1.54, 1.807) is 12.4 Å². The Kier molecular flexibility index (Phi) is 4.32. The second-order valence-electron chi connectivity index (χ2n) is 8.06. The van der Waals surface area contributed by atoms with Gasteiger partial charge in [-0.3, -0.25) is 9.78 Å². The number of hydrogen-bond acceptors (Lipinski definition) is 4. The Morgan fingerprint density at radius 2 is 1.86 bits per heavy atom. The van der Waals surface area contributed by atoms with Gasteiger partial charge in [-0.1, -0.05) is 18.2 Å². The van der Waals surface area contributed by atoms with Crippen molar-refractivity contribution in [3.63, 3.8) is 0 Å². The lowest BCUT2D eigenvalue weighted by Gasteiger charge is -2.32. The summed E-state index contributed by atoms with van der Waals surface area (Å²) < 4.78 is 0. The van der Waals surface area contributed by atoms with Crippen LogP contribution in [-0.2, 0) is 0 Å². The Morgan fingerprint density at radius 1 is 1.04 bits per heavy atom. The topological polar surface area (TPSA) is 49.3 Å². The van der Waals surface area contributed by atoms with Gasteiger partial charge in [-0.15, -0.1) is 0 Å². The molecule has 0 spiro atoms. The number of piperidine rings is 1. The number of pyridine rings is 2. The normalized spacial score (nSPS) is 22.4. The van der Waals surface area contributed by atoms with Crippen LogP contribution in [0.2, 0.25) is 0 Å². The molecule has 2 atom stereocenters. The summed E-state index contributed by atoms with van der Waals surface area (Å²) in [4.78, 5) is 27.0. The van der Waals surface area contributed by atoms with Gasteiger partial charge in [0.25, 0.3) is 5.91 Å². The molecule has 2 aromatic heterocycles. The Morgan fingerprint density at radius 3 is 2.68 bits per heavy atom. The van der Waals surface area contributed by atoms with Crippen LogP contribution in [0.3, 0.4) is 0 Å². The van der Waals surface area contributed by atoms with Crippen molar-refractivity contribution in [2.45, 2.75) is 18.9 Å². The molecule has 0 radical (unpaired) electrons. The molecule has 5 nitrogen and oxygen atoms in total. The van der Waals surface area contributed by atoms with Gasteiger partial charge in [0, 0.05) is 49.0 Å². The third-order valence-electron chi connectivity index (χ3n) is 6.20. The minimum atomic E-state index is 0.126. The molecule has 3 fully saturated rings. The molecule has 5 heterocycles. The number of aromatic nitrogens is 2. The van der Waals surface area contributed by atoms with Crippen molar-refractivity contribution in [3.05, 3.63) is 60.4 Å². The molecule has 3 aliphatic heterocycles. The number of carbonyl (C=O) groups excluding carboxylic acids is 1. The predicted molar refractivity (Wildman–Crippen MR) is 110 cm³/mol. The molecule has 0 aliphatic carbocycles. The van der Waals surface area contributed by atoms with Crippen molar-refractivity contribution in [1.82, 2.24) is 19.8 Å². The zero-order valence-corrected chi connectivity index (χ0v) is 16.1. The van der Waals surface area contributed by atoms with Crippen molar-refractivity contribution in [3.8, 4) is 11.3 Å². The van der Waals surface area contributed by atoms with Crippen molar-refractivity contribution < 1.29 is 4.79 Å². The first-order chi connectivity index (χ1) is 13.7. The molecular weight excluding hydrogens is 348 g/mol. The van der Waals surface area contributed by atoms with E-state index in [1.165, 1.54) is 12.8 Å². The summed E-state index contributed by atoms with van der Waals surface area (Å²) in [5.74, 6) is 0.696. The third kappa shape index (κ3) is 3.06. The number of rotatable bonds is 2. The fourth-order valence-corrected chi connectivity index (χ4v) is 4.68. The van der Waals surface area contributed by atoms with Gasteiger partial charge < -0.3 is 9.80 Å². The fraction of sp³-hybridized carbons (Fsp3) is 0.348. The van der Waals surface area contributed by atoms with Gasteiger partial charge in [-0.25, -0.2) is 4.98 Å². The number of carbonyl (C=O) groups is 1. The van der Waals surface area contributed by atoms with Gasteiger partial charge in [0.1, 0.15) is 0 Å². The van der Waals surface area contributed by atoms with Crippen LogP contribution >= 0.6 is 0 Å². The van der Waals surface area contributed by atoms with Crippen LogP contribution in [0.25, 0.3) is 22.2 Å². The molecule has 1 aromatic carbocycles. The average Bonchev–Trinajstić information content (AvgIpc) is 3.04. The number of likely N-dealkylation sites (N-methyl/N-ethyl adjacent to an activating group) is 1. The minimum absolute atomic E-state index is 0.126. The van der Waals surface area contributed by atoms with Crippen molar-refractivity contribution >= 4 is 16.8 Å². The van der Waals surface area contributed by atoms with E-state index in [9.17, 15) is 4.79 Å². The standard InChI is InChI=1S/C23H24N4O/c1-26-13-16-6-7-18(26)15-27(14-16)23(28)20-12-22(17-8-10-24-11-9-17)25-21-5-3-2-4-19(20)21/h2-5,8-12,16,18H,6-7,13-15H2,1H3/t16-,18-/m1/s1. The van der Waals surface area contributed by atoms with E-state index in [-0.39, 0.29) is 5.91 Å². The average molecular weight is 372 g/mol. The lowest BCUT2D eigenvalue weighted by molar-refractivity contribution is 0.0744. The molecule has 3 aromatic rings. The van der Waals surface area contributed by atoms with Gasteiger partial charge in [0.15, 0.2) is 0 Å². The number of amides is 1. The summed E-state index contributed by atoms with van der Waals surface area (Å²) in [5, 5.41) is 0.926. The summed E-state index contributed by atoms with van der Waals surface area (Å²) in [7, 11) is 2.19. The second-order valence-corrected chi connectivity index (χ2v) is 8.06. The molecule has 0 N–H and O–H groups in total. The number of benzene rings is 1. The molecule has 3 aliphatic rings. The summed E-state index contributed by atoms with van der Waals surface area (Å²) in [6.45, 7) is 2.75. The van der Waals surface area contributed by atoms with Gasteiger partial charge in [-0.05, 0) is 50.1 Å². The van der Waals surface area contributed by atoms with Crippen molar-refractivity contribution in [1.29, 1.82) is 0 Å². The summed E-state index contributed by atoms with van der Waals surface area (Å²) in [6.07, 6.45) is 5.93. The smallest absolute Gasteiger partial charge is 0.254 e. The molecule has 2 bridgehead atoms. The summed E-state index contributed by atoms with van der Waals surface area (Å²) in [6, 6.07) is 14.2. The first-order valence-electron chi connectivity index (χ1n) is 9.99. The van der Waals surface area contributed by atoms with Gasteiger partial charge in [0.05, 0.1) is 16.8 Å². The maximum atomic E-state index is 13.6. The van der Waals surface area contributed by atoms with E-state index in [0.717, 1.165) is 47.4 Å². The van der Waals surface area contributed by atoms with Gasteiger partial charge in [0.2, 0.25) is 0 Å². The van der Waals surface area contributed by atoms with E-state index in [2.05, 4.69) is 21.8 Å². The molecule has 5 heteroatoms. The molecule has 6 rings (SSSR count). The maximum absolute atomic E-state index is 13.6. The Bertz CT molecular complexity index is 1020. The maximum Gasteiger partial charge on any atom is 0.254 e. The van der Waals surface area contributed by atoms with Crippen molar-refractivity contribution in [2.24, 2.45) is 5.92 Å². The molecule has 1 amide bonds. The minimum Gasteiger partial charge on any atom is -0.337 e. The highest BCUT2D eigenvalue weighted by Crippen LogP contribution is 2.30. The SMILES string of the molecule is CN1C[C@H]2CC[C@@H]1CN(C(=O)c1cc(-c3ccncc3)nc3ccccc13)C2. The quantitative estimate of drug-likeness (QED) is 0.691. The predicted octanol–water partition coefficient (Wildman–Crippen LogP) is 3.46. The van der Waals surface area contributed by atoms with Crippen molar-refractivity contribution in [2.75, 3.05) is 26.7 Å². The fourth-order valence-electron chi connectivity index (χ4n) is 4.68. The van der Waals surface area contributed by atoms with Crippen LogP contribution in [-0.4, -0.2) is 58.4 Å². The van der Waals surface area contributed by atoms with Gasteiger partial charge in [-0.2, -0.15) is 0 Å². The van der Waals surface area contributed by atoms with Crippen LogP contribution in [0.5, 0.6) is 0 Å². The molecule has 3 saturated heterocycles. The van der Waals surface area contributed by atoms with E-state index in [4.69, 9.17) is 4.98 Å². The number of hydrogen-bond donors (Lipinski definition) is 0. The van der Waals surface area contributed by atoms with Crippen LogP contribution in [0.15, 0.2) is 54.9 Å². The number of para-hydroxylation sites is 1. The third-order valence-corrected chi connectivity index (χ3v) is 6.20. The Hall–Kier alpha value is -2.79. The lowest BCUT2D eigenvalue weighted by Crippen LogP contribution is -2.42. The number of fused-ring (bicyclic) bond motifs is 5. The Balaban J connectivity index is 1.58. The zero-order valence-electron chi connectivity index (χ0n) is 16.1. The summed E-state index contributed by atoms with van der Waals surface area (Å²) >= 11 is 0. The van der Waals surface area contributed by atoms with E-state index in [0.29, 0.717) is 12.0 Å². The number of nitrogens with zero attached hydrogens (tertiary/aromatic N) is 4. The monoisotopic (exact) mass is 372 g/mol. The molecule has 0 saturated carbocycles. The highest BCUT2D eigenvalue weighted by atomic mass is 16.2. The molecule has 0 unspecified atom stereocenters. The highest BCUT2D eigenvalue weighted by molar-refractivity contribution is 6.07. The molecule has 142 valence electrons. The first kappa shape index (κ1) is 17.3. The first-order valence-corrected chi connectivity index (χ1v) is 9.99. The molecule has 28 heavy (non-hydrogen) atoms. The second kappa shape index (κ2) is 6.99. The Labute approximate surface area is 165 Å². The van der Waals surface area contributed by atoms with E-state index < -0.39 is 0 Å². The van der Waals surface area contributed by atoms with E-state index in [1.807, 2.05) is 42.5 Å². The van der Waals surface area contributed by atoms with Crippen LogP contribution in [0, 0.1) is 5.92 Å². The zero-order chi connectivity index (χ0) is 19.1. The van der Waals surface area contributed by atoms with Gasteiger partial charge >= 0.3 is 0 Å².